The summed E-state index contributed by atoms with van der Waals surface area (Å²) >= 11 is 0. The highest BCUT2D eigenvalue weighted by atomic mass is 31.3. The van der Waals surface area contributed by atoms with Gasteiger partial charge in [0.1, 0.15) is 18.3 Å². The van der Waals surface area contributed by atoms with E-state index in [0.717, 1.165) is 10.8 Å². The van der Waals surface area contributed by atoms with Gasteiger partial charge in [0.25, 0.3) is 0 Å². The molecule has 36 heavy (non-hydrogen) atoms. The molecule has 3 heterocycles. The Morgan fingerprint density at radius 3 is 2.39 bits per heavy atom. The Labute approximate surface area is 200 Å². The van der Waals surface area contributed by atoms with Gasteiger partial charge in [-0.3, -0.25) is 9.09 Å². The van der Waals surface area contributed by atoms with Crippen LogP contribution >= 0.6 is 23.5 Å². The monoisotopic (exact) mass is 573 g/mol. The molecule has 2 aliphatic rings. The maximum Gasteiger partial charge on any atom is 0.490 e. The summed E-state index contributed by atoms with van der Waals surface area (Å²) in [7, 11) is -16.8. The first-order valence-electron chi connectivity index (χ1n) is 9.61. The van der Waals surface area contributed by atoms with Crippen molar-refractivity contribution in [2.45, 2.75) is 24.5 Å². The Bertz CT molecular complexity index is 1360. The van der Waals surface area contributed by atoms with E-state index in [0.29, 0.717) is 11.4 Å². The molecule has 21 heteroatoms. The molecule has 2 aromatic rings. The number of benzene rings is 1. The summed E-state index contributed by atoms with van der Waals surface area (Å²) in [5.41, 5.74) is -0.372. The first kappa shape index (κ1) is 27.0. The fourth-order valence-corrected chi connectivity index (χ4v) is 6.30. The first-order chi connectivity index (χ1) is 16.6. The number of aromatic nitrogens is 2. The number of hydrogen-bond acceptors (Lipinski definition) is 13. The molecule has 2 aliphatic heterocycles. The molecule has 18 nitrogen and oxygen atoms in total. The minimum atomic E-state index is -5.75. The van der Waals surface area contributed by atoms with E-state index >= 15 is 0 Å². The lowest BCUT2D eigenvalue weighted by Crippen LogP contribution is -2.36. The van der Waals surface area contributed by atoms with Gasteiger partial charge in [0.15, 0.2) is 23.5 Å². The third kappa shape index (κ3) is 6.10. The molecule has 1 aromatic carbocycles. The minimum absolute atomic E-state index is 0.0761. The van der Waals surface area contributed by atoms with Crippen LogP contribution in [0.5, 0.6) is 11.5 Å². The van der Waals surface area contributed by atoms with Crippen LogP contribution in [-0.4, -0.2) is 64.3 Å². The molecule has 198 valence electrons. The molecule has 4 unspecified atom stereocenters. The van der Waals surface area contributed by atoms with Gasteiger partial charge in [0.2, 0.25) is 0 Å². The number of ether oxygens (including phenoxy) is 2. The van der Waals surface area contributed by atoms with E-state index in [9.17, 15) is 38.5 Å². The quantitative estimate of drug-likeness (QED) is 0.176. The van der Waals surface area contributed by atoms with E-state index in [-0.39, 0.29) is 11.6 Å². The summed E-state index contributed by atoms with van der Waals surface area (Å²) in [4.78, 5) is 52.2. The Morgan fingerprint density at radius 1 is 1.00 bits per heavy atom. The number of rotatable bonds is 8. The maximum absolute atomic E-state index is 12.5. The fourth-order valence-electron chi connectivity index (χ4n) is 3.27. The molecule has 1 saturated heterocycles. The van der Waals surface area contributed by atoms with Crippen molar-refractivity contribution < 1.29 is 66.1 Å². The van der Waals surface area contributed by atoms with Crippen molar-refractivity contribution in [2.24, 2.45) is 0 Å². The summed E-state index contributed by atoms with van der Waals surface area (Å²) < 4.78 is 57.4. The molecule has 1 aromatic heterocycles. The van der Waals surface area contributed by atoms with Crippen LogP contribution in [0, 0.1) is 0 Å². The molecule has 0 amide bonds. The lowest BCUT2D eigenvalue weighted by atomic mass is 10.1. The van der Waals surface area contributed by atoms with Crippen molar-refractivity contribution >= 4 is 35.0 Å². The van der Waals surface area contributed by atoms with Gasteiger partial charge >= 0.3 is 29.2 Å². The van der Waals surface area contributed by atoms with Crippen molar-refractivity contribution in [3.63, 3.8) is 0 Å². The van der Waals surface area contributed by atoms with Gasteiger partial charge in [-0.25, -0.2) is 18.5 Å². The summed E-state index contributed by atoms with van der Waals surface area (Å²) in [5, 5.41) is 23.5. The minimum Gasteiger partial charge on any atom is -0.450 e. The second kappa shape index (κ2) is 9.70. The Balaban J connectivity index is 1.46. The summed E-state index contributed by atoms with van der Waals surface area (Å²) in [5.74, 6) is 0.571. The average Bonchev–Trinajstić information content (AvgIpc) is 3.02. The summed E-state index contributed by atoms with van der Waals surface area (Å²) in [6.07, 6.45) is -5.58. The van der Waals surface area contributed by atoms with Gasteiger partial charge in [-0.2, -0.15) is 13.6 Å². The second-order valence-electron chi connectivity index (χ2n) is 7.30. The smallest absolute Gasteiger partial charge is 0.450 e. The molecule has 6 atom stereocenters. The van der Waals surface area contributed by atoms with E-state index in [1.807, 2.05) is 0 Å². The number of fused-ring (bicyclic) bond motifs is 2. The zero-order chi connectivity index (χ0) is 26.5. The number of phosphoric ester groups is 1. The highest BCUT2D eigenvalue weighted by Crippen LogP contribution is 2.66. The van der Waals surface area contributed by atoms with E-state index in [1.54, 1.807) is 24.3 Å². The predicted octanol–water partition coefficient (Wildman–Crippen LogP) is 0.0551. The summed E-state index contributed by atoms with van der Waals surface area (Å²) in [6, 6.07) is 6.77. The van der Waals surface area contributed by atoms with Crippen molar-refractivity contribution in [2.75, 3.05) is 11.9 Å². The fraction of sp³-hybridized carbons (Fsp3) is 0.333. The van der Waals surface area contributed by atoms with Crippen LogP contribution in [0.2, 0.25) is 0 Å². The standard InChI is InChI=1S/C15H18N3O15P3/c19-11-10(6-29-35(25,26)33-36(27,28)32-34(22,23)24)31-14(12(11)20)18-5-9-13(17-15(18)21)16-7-3-1-2-4-8(7)30-9/h1-5,10-12,14,19-20H,6H2,(H,25,26)(H,27,28)(H,16,17,21)(H2,22,23,24)/t10-,11?,12?,14-/m1/s1. The molecular weight excluding hydrogens is 555 g/mol. The van der Waals surface area contributed by atoms with Crippen LogP contribution in [0.25, 0.3) is 0 Å². The molecule has 1 fully saturated rings. The average molecular weight is 573 g/mol. The van der Waals surface area contributed by atoms with Gasteiger partial charge < -0.3 is 44.6 Å². The molecular formula is C15H18N3O15P3. The Kier molecular flexibility index (Phi) is 7.29. The number of phosphoric acid groups is 3. The molecule has 0 aliphatic carbocycles. The largest absolute Gasteiger partial charge is 0.490 e. The van der Waals surface area contributed by atoms with Crippen molar-refractivity contribution in [1.82, 2.24) is 9.55 Å². The predicted molar refractivity (Wildman–Crippen MR) is 114 cm³/mol. The van der Waals surface area contributed by atoms with E-state index in [4.69, 9.17) is 19.3 Å². The van der Waals surface area contributed by atoms with Gasteiger partial charge in [-0.1, -0.05) is 12.1 Å². The van der Waals surface area contributed by atoms with Crippen molar-refractivity contribution in [3.8, 4) is 11.5 Å². The molecule has 0 saturated carbocycles. The zero-order valence-electron chi connectivity index (χ0n) is 17.5. The normalized spacial score (nSPS) is 26.6. The SMILES string of the molecule is O=c1nc2c(cn1[C@@H]1O[C@H](COP(=O)(O)OP(=O)(O)OP(=O)(O)O)C(O)C1O)Oc1ccccc1N2. The van der Waals surface area contributed by atoms with Crippen LogP contribution in [0.3, 0.4) is 0 Å². The highest BCUT2D eigenvalue weighted by molar-refractivity contribution is 7.66. The van der Waals surface area contributed by atoms with E-state index < -0.39 is 60.3 Å². The number of para-hydroxylation sites is 2. The molecule has 0 bridgehead atoms. The maximum atomic E-state index is 12.5. The van der Waals surface area contributed by atoms with Crippen molar-refractivity contribution in [3.05, 3.63) is 40.9 Å². The highest BCUT2D eigenvalue weighted by Gasteiger charge is 2.47. The van der Waals surface area contributed by atoms with Crippen molar-refractivity contribution in [1.29, 1.82) is 0 Å². The van der Waals surface area contributed by atoms with Gasteiger partial charge in [-0.15, -0.1) is 0 Å². The third-order valence-corrected chi connectivity index (χ3v) is 8.51. The van der Waals surface area contributed by atoms with Gasteiger partial charge in [0.05, 0.1) is 18.5 Å². The number of aliphatic hydroxyl groups excluding tert-OH is 2. The van der Waals surface area contributed by atoms with Crippen LogP contribution in [0.15, 0.2) is 35.3 Å². The Morgan fingerprint density at radius 2 is 1.69 bits per heavy atom. The van der Waals surface area contributed by atoms with Crippen LogP contribution in [0.1, 0.15) is 6.23 Å². The lowest BCUT2D eigenvalue weighted by molar-refractivity contribution is -0.0543. The molecule has 4 rings (SSSR count). The number of aliphatic hydroxyl groups is 2. The number of nitrogens with zero attached hydrogens (tertiary/aromatic N) is 2. The van der Waals surface area contributed by atoms with Gasteiger partial charge in [-0.05, 0) is 12.1 Å². The Hall–Kier alpha value is -2.01. The molecule has 0 spiro atoms. The van der Waals surface area contributed by atoms with Crippen LogP contribution in [-0.2, 0) is 31.6 Å². The lowest BCUT2D eigenvalue weighted by Gasteiger charge is -2.23. The zero-order valence-corrected chi connectivity index (χ0v) is 20.2. The van der Waals surface area contributed by atoms with E-state index in [1.165, 1.54) is 0 Å². The summed E-state index contributed by atoms with van der Waals surface area (Å²) in [6.45, 7) is -1.04. The van der Waals surface area contributed by atoms with Crippen LogP contribution in [0.4, 0.5) is 11.5 Å². The topological polar surface area (TPSA) is 266 Å². The first-order valence-corrected chi connectivity index (χ1v) is 14.1. The van der Waals surface area contributed by atoms with Crippen LogP contribution < -0.4 is 15.7 Å². The van der Waals surface area contributed by atoms with Gasteiger partial charge in [0, 0.05) is 0 Å². The van der Waals surface area contributed by atoms with E-state index in [2.05, 4.69) is 23.4 Å². The molecule has 0 radical (unpaired) electrons. The number of nitrogens with one attached hydrogen (secondary N) is 1. The number of anilines is 2. The number of hydrogen-bond donors (Lipinski definition) is 7. The second-order valence-corrected chi connectivity index (χ2v) is 11.7. The molecule has 7 N–H and O–H groups in total. The third-order valence-electron chi connectivity index (χ3n) is 4.71.